The third kappa shape index (κ3) is 3.86. The molecule has 0 spiro atoms. The largest absolute Gasteiger partial charge is 0.462 e. The molecule has 0 heterocycles. The summed E-state index contributed by atoms with van der Waals surface area (Å²) in [5.41, 5.74) is 2.89. The van der Waals surface area contributed by atoms with Crippen molar-refractivity contribution >= 4 is 11.5 Å². The van der Waals surface area contributed by atoms with Gasteiger partial charge in [-0.3, -0.25) is 0 Å². The number of esters is 1. The molecule has 1 aromatic rings. The second-order valence-corrected chi connectivity index (χ2v) is 4.56. The monoisotopic (exact) mass is 272 g/mol. The Morgan fingerprint density at radius 1 is 1.40 bits per heavy atom. The van der Waals surface area contributed by atoms with E-state index in [2.05, 4.69) is 6.07 Å². The van der Waals surface area contributed by atoms with Gasteiger partial charge in [0.15, 0.2) is 0 Å². The Morgan fingerprint density at radius 3 is 2.60 bits per heavy atom. The maximum absolute atomic E-state index is 12.1. The third-order valence-corrected chi connectivity index (χ3v) is 2.79. The van der Waals surface area contributed by atoms with Gasteiger partial charge in [-0.05, 0) is 36.6 Å². The molecule has 0 fully saturated rings. The SMILES string of the molecule is CCOC(=O)/C(=C\N(C)C)c1ccc(C#N)cc1CC. The van der Waals surface area contributed by atoms with Gasteiger partial charge < -0.3 is 9.64 Å². The molecular formula is C16H20N2O2. The van der Waals surface area contributed by atoms with Crippen LogP contribution in [0.25, 0.3) is 5.57 Å². The summed E-state index contributed by atoms with van der Waals surface area (Å²) in [6, 6.07) is 7.46. The van der Waals surface area contributed by atoms with Crippen molar-refractivity contribution in [3.63, 3.8) is 0 Å². The van der Waals surface area contributed by atoms with Crippen LogP contribution in [0.15, 0.2) is 24.4 Å². The second kappa shape index (κ2) is 7.34. The van der Waals surface area contributed by atoms with Crippen LogP contribution in [-0.2, 0) is 16.0 Å². The predicted octanol–water partition coefficient (Wildman–Crippen LogP) is 2.59. The van der Waals surface area contributed by atoms with Crippen LogP contribution in [-0.4, -0.2) is 31.6 Å². The first kappa shape index (κ1) is 15.8. The highest BCUT2D eigenvalue weighted by Crippen LogP contribution is 2.23. The molecule has 1 aromatic carbocycles. The Hall–Kier alpha value is -2.28. The number of carbonyl (C=O) groups is 1. The number of carbonyl (C=O) groups excluding carboxylic acids is 1. The minimum atomic E-state index is -0.347. The van der Waals surface area contributed by atoms with Crippen molar-refractivity contribution in [2.24, 2.45) is 0 Å². The summed E-state index contributed by atoms with van der Waals surface area (Å²) in [5.74, 6) is -0.347. The molecule has 0 saturated heterocycles. The molecule has 0 unspecified atom stereocenters. The van der Waals surface area contributed by atoms with Gasteiger partial charge in [0.2, 0.25) is 0 Å². The van der Waals surface area contributed by atoms with E-state index in [-0.39, 0.29) is 5.97 Å². The average molecular weight is 272 g/mol. The number of nitriles is 1. The standard InChI is InChI=1S/C16H20N2O2/c1-5-13-9-12(10-17)7-8-14(13)15(11-18(3)4)16(19)20-6-2/h7-9,11H,5-6H2,1-4H3/b15-11-. The Labute approximate surface area is 120 Å². The van der Waals surface area contributed by atoms with Gasteiger partial charge >= 0.3 is 5.97 Å². The summed E-state index contributed by atoms with van der Waals surface area (Å²) < 4.78 is 5.12. The summed E-state index contributed by atoms with van der Waals surface area (Å²) in [6.45, 7) is 4.12. The number of ether oxygens (including phenoxy) is 1. The molecule has 0 atom stereocenters. The molecule has 20 heavy (non-hydrogen) atoms. The van der Waals surface area contributed by atoms with E-state index >= 15 is 0 Å². The van der Waals surface area contributed by atoms with E-state index in [9.17, 15) is 4.79 Å². The van der Waals surface area contributed by atoms with Crippen LogP contribution in [0.3, 0.4) is 0 Å². The topological polar surface area (TPSA) is 53.3 Å². The summed E-state index contributed by atoms with van der Waals surface area (Å²) in [4.78, 5) is 13.9. The maximum atomic E-state index is 12.1. The third-order valence-electron chi connectivity index (χ3n) is 2.79. The van der Waals surface area contributed by atoms with Crippen LogP contribution in [0.1, 0.15) is 30.5 Å². The maximum Gasteiger partial charge on any atom is 0.340 e. The number of rotatable bonds is 5. The molecule has 0 N–H and O–H groups in total. The van der Waals surface area contributed by atoms with Gasteiger partial charge in [0.05, 0.1) is 23.8 Å². The molecule has 4 heteroatoms. The molecule has 0 amide bonds. The van der Waals surface area contributed by atoms with Gasteiger partial charge in [0.1, 0.15) is 0 Å². The number of aryl methyl sites for hydroxylation is 1. The fraction of sp³-hybridized carbons (Fsp3) is 0.375. The lowest BCUT2D eigenvalue weighted by atomic mass is 9.96. The minimum Gasteiger partial charge on any atom is -0.462 e. The second-order valence-electron chi connectivity index (χ2n) is 4.56. The van der Waals surface area contributed by atoms with Crippen LogP contribution in [0.5, 0.6) is 0 Å². The van der Waals surface area contributed by atoms with Crippen LogP contribution < -0.4 is 0 Å². The molecular weight excluding hydrogens is 252 g/mol. The molecule has 0 radical (unpaired) electrons. The van der Waals surface area contributed by atoms with Crippen molar-refractivity contribution in [1.29, 1.82) is 5.26 Å². The number of hydrogen-bond acceptors (Lipinski definition) is 4. The first-order valence-electron chi connectivity index (χ1n) is 6.62. The summed E-state index contributed by atoms with van der Waals surface area (Å²) in [7, 11) is 3.71. The van der Waals surface area contributed by atoms with Crippen molar-refractivity contribution in [3.05, 3.63) is 41.1 Å². The zero-order valence-electron chi connectivity index (χ0n) is 12.4. The predicted molar refractivity (Wildman–Crippen MR) is 78.8 cm³/mol. The minimum absolute atomic E-state index is 0.335. The highest BCUT2D eigenvalue weighted by atomic mass is 16.5. The van der Waals surface area contributed by atoms with Gasteiger partial charge in [-0.25, -0.2) is 4.79 Å². The van der Waals surface area contributed by atoms with Crippen molar-refractivity contribution in [2.45, 2.75) is 20.3 Å². The Kier molecular flexibility index (Phi) is 5.79. The van der Waals surface area contributed by atoms with Crippen molar-refractivity contribution < 1.29 is 9.53 Å². The average Bonchev–Trinajstić information content (AvgIpc) is 2.44. The van der Waals surface area contributed by atoms with Gasteiger partial charge in [0.25, 0.3) is 0 Å². The highest BCUT2D eigenvalue weighted by Gasteiger charge is 2.17. The molecule has 106 valence electrons. The highest BCUT2D eigenvalue weighted by molar-refractivity contribution is 6.16. The number of hydrogen-bond donors (Lipinski definition) is 0. The summed E-state index contributed by atoms with van der Waals surface area (Å²) in [5, 5.41) is 8.96. The zero-order chi connectivity index (χ0) is 15.1. The lowest BCUT2D eigenvalue weighted by molar-refractivity contribution is -0.136. The fourth-order valence-electron chi connectivity index (χ4n) is 1.92. The molecule has 0 aliphatic rings. The van der Waals surface area contributed by atoms with Gasteiger partial charge in [-0.15, -0.1) is 0 Å². The number of benzene rings is 1. The van der Waals surface area contributed by atoms with Crippen LogP contribution >= 0.6 is 0 Å². The quantitative estimate of drug-likeness (QED) is 0.610. The van der Waals surface area contributed by atoms with E-state index in [1.54, 1.807) is 19.2 Å². The van der Waals surface area contributed by atoms with E-state index in [0.717, 1.165) is 17.5 Å². The lowest BCUT2D eigenvalue weighted by Crippen LogP contribution is -2.13. The van der Waals surface area contributed by atoms with E-state index in [1.165, 1.54) is 0 Å². The van der Waals surface area contributed by atoms with E-state index in [0.29, 0.717) is 17.7 Å². The Morgan fingerprint density at radius 2 is 2.10 bits per heavy atom. The molecule has 0 bridgehead atoms. The molecule has 0 saturated carbocycles. The van der Waals surface area contributed by atoms with E-state index in [1.807, 2.05) is 38.1 Å². The molecule has 0 aliphatic heterocycles. The van der Waals surface area contributed by atoms with Crippen molar-refractivity contribution in [3.8, 4) is 6.07 Å². The van der Waals surface area contributed by atoms with Crippen molar-refractivity contribution in [1.82, 2.24) is 4.90 Å². The van der Waals surface area contributed by atoms with Gasteiger partial charge in [-0.1, -0.05) is 13.0 Å². The van der Waals surface area contributed by atoms with Crippen LogP contribution in [0.2, 0.25) is 0 Å². The molecule has 4 nitrogen and oxygen atoms in total. The van der Waals surface area contributed by atoms with Crippen LogP contribution in [0, 0.1) is 11.3 Å². The fourth-order valence-corrected chi connectivity index (χ4v) is 1.92. The van der Waals surface area contributed by atoms with Gasteiger partial charge in [-0.2, -0.15) is 5.26 Å². The molecule has 0 aliphatic carbocycles. The van der Waals surface area contributed by atoms with Crippen LogP contribution in [0.4, 0.5) is 0 Å². The first-order valence-corrected chi connectivity index (χ1v) is 6.62. The Bertz CT molecular complexity index is 554. The molecule has 1 rings (SSSR count). The zero-order valence-corrected chi connectivity index (χ0v) is 12.4. The van der Waals surface area contributed by atoms with E-state index < -0.39 is 0 Å². The van der Waals surface area contributed by atoms with Crippen molar-refractivity contribution in [2.75, 3.05) is 20.7 Å². The summed E-state index contributed by atoms with van der Waals surface area (Å²) in [6.07, 6.45) is 2.49. The number of nitrogens with zero attached hydrogens (tertiary/aromatic N) is 2. The lowest BCUT2D eigenvalue weighted by Gasteiger charge is -2.14. The first-order chi connectivity index (χ1) is 9.53. The van der Waals surface area contributed by atoms with E-state index in [4.69, 9.17) is 10.00 Å². The summed E-state index contributed by atoms with van der Waals surface area (Å²) >= 11 is 0. The van der Waals surface area contributed by atoms with Gasteiger partial charge in [0, 0.05) is 20.3 Å². The Balaban J connectivity index is 3.35. The smallest absolute Gasteiger partial charge is 0.340 e. The normalized spacial score (nSPS) is 10.8. The molecule has 0 aromatic heterocycles.